The summed E-state index contributed by atoms with van der Waals surface area (Å²) in [5.41, 5.74) is 1.11. The van der Waals surface area contributed by atoms with Crippen LogP contribution in [0.2, 0.25) is 0 Å². The molecule has 4 rings (SSSR count). The molecule has 27 heavy (non-hydrogen) atoms. The third kappa shape index (κ3) is 3.87. The quantitative estimate of drug-likeness (QED) is 0.858. The van der Waals surface area contributed by atoms with Gasteiger partial charge in [0.2, 0.25) is 5.91 Å². The second-order valence-electron chi connectivity index (χ2n) is 7.78. The van der Waals surface area contributed by atoms with Gasteiger partial charge in [-0.1, -0.05) is 42.5 Å². The van der Waals surface area contributed by atoms with E-state index in [1.807, 2.05) is 12.1 Å². The van der Waals surface area contributed by atoms with E-state index in [-0.39, 0.29) is 29.2 Å². The van der Waals surface area contributed by atoms with E-state index in [2.05, 4.69) is 30.3 Å². The van der Waals surface area contributed by atoms with Crippen molar-refractivity contribution < 1.29 is 18.3 Å². The van der Waals surface area contributed by atoms with E-state index in [9.17, 15) is 18.3 Å². The highest BCUT2D eigenvalue weighted by Crippen LogP contribution is 2.32. The number of carbonyl (C=O) groups excluding carboxylic acids is 1. The molecule has 2 fully saturated rings. The average molecular weight is 388 g/mol. The number of rotatable bonds is 2. The number of aliphatic hydroxyl groups excluding tert-OH is 1. The summed E-state index contributed by atoms with van der Waals surface area (Å²) < 4.78 is 23.2. The Hall–Kier alpha value is -1.92. The minimum atomic E-state index is -2.97. The fourth-order valence-corrected chi connectivity index (χ4v) is 5.85. The molecule has 6 heteroatoms. The summed E-state index contributed by atoms with van der Waals surface area (Å²) in [6.45, 7) is 0.927. The first-order chi connectivity index (χ1) is 12.9. The van der Waals surface area contributed by atoms with Gasteiger partial charge in [-0.05, 0) is 35.6 Å². The molecule has 5 nitrogen and oxygen atoms in total. The molecule has 2 aromatic carbocycles. The molecule has 2 heterocycles. The molecule has 1 N–H and O–H groups in total. The van der Waals surface area contributed by atoms with Crippen molar-refractivity contribution >= 4 is 26.5 Å². The minimum Gasteiger partial charge on any atom is -0.391 e. The monoisotopic (exact) mass is 387 g/mol. The molecule has 0 saturated carbocycles. The Morgan fingerprint density at radius 2 is 1.70 bits per heavy atom. The van der Waals surface area contributed by atoms with Crippen LogP contribution in [0.1, 0.15) is 30.7 Å². The molecule has 0 aliphatic carbocycles. The summed E-state index contributed by atoms with van der Waals surface area (Å²) in [4.78, 5) is 14.5. The summed E-state index contributed by atoms with van der Waals surface area (Å²) in [5, 5.41) is 13.0. The van der Waals surface area contributed by atoms with E-state index in [1.54, 1.807) is 4.90 Å². The van der Waals surface area contributed by atoms with Gasteiger partial charge in [0, 0.05) is 24.9 Å². The zero-order valence-corrected chi connectivity index (χ0v) is 16.1. The van der Waals surface area contributed by atoms with Crippen molar-refractivity contribution in [3.05, 3.63) is 48.0 Å². The standard InChI is InChI=1S/C21H25NO4S/c23-20-14-22(21(24)16-8-11-27(25,26)12-9-16)10-7-19(20)18-6-5-15-3-1-2-4-17(15)13-18/h1-6,13,16,19-20,23H,7-12,14H2/t19-,20+/m0/s1. The lowest BCUT2D eigenvalue weighted by Crippen LogP contribution is -2.48. The Labute approximate surface area is 159 Å². The molecule has 2 aliphatic heterocycles. The Bertz CT molecular complexity index is 942. The summed E-state index contributed by atoms with van der Waals surface area (Å²) >= 11 is 0. The predicted octanol–water partition coefficient (Wildman–Crippen LogP) is 2.34. The zero-order chi connectivity index (χ0) is 19.0. The Morgan fingerprint density at radius 3 is 2.41 bits per heavy atom. The highest BCUT2D eigenvalue weighted by Gasteiger charge is 2.36. The van der Waals surface area contributed by atoms with Crippen LogP contribution in [-0.2, 0) is 14.6 Å². The van der Waals surface area contributed by atoms with Crippen LogP contribution in [0.15, 0.2) is 42.5 Å². The van der Waals surface area contributed by atoms with Gasteiger partial charge in [0.1, 0.15) is 9.84 Å². The largest absolute Gasteiger partial charge is 0.391 e. The second kappa shape index (κ2) is 7.24. The van der Waals surface area contributed by atoms with Gasteiger partial charge in [0.15, 0.2) is 0 Å². The molecule has 0 spiro atoms. The molecule has 2 aliphatic rings. The lowest BCUT2D eigenvalue weighted by molar-refractivity contribution is -0.139. The van der Waals surface area contributed by atoms with Crippen LogP contribution in [0.5, 0.6) is 0 Å². The highest BCUT2D eigenvalue weighted by molar-refractivity contribution is 7.91. The summed E-state index contributed by atoms with van der Waals surface area (Å²) in [6.07, 6.45) is 0.927. The number of β-amino-alcohol motifs (C(OH)–C–C–N with tert-alkyl or cyclic N) is 1. The van der Waals surface area contributed by atoms with Crippen molar-refractivity contribution in [3.63, 3.8) is 0 Å². The van der Waals surface area contributed by atoms with E-state index in [1.165, 1.54) is 5.39 Å². The van der Waals surface area contributed by atoms with E-state index in [0.717, 1.165) is 17.4 Å². The van der Waals surface area contributed by atoms with Gasteiger partial charge in [0.05, 0.1) is 17.6 Å². The first kappa shape index (κ1) is 18.4. The maximum atomic E-state index is 12.7. The first-order valence-electron chi connectivity index (χ1n) is 9.59. The van der Waals surface area contributed by atoms with Crippen LogP contribution in [-0.4, -0.2) is 55.0 Å². The summed E-state index contributed by atoms with van der Waals surface area (Å²) in [5.74, 6) is -0.0109. The molecule has 2 atom stereocenters. The van der Waals surface area contributed by atoms with Gasteiger partial charge in [-0.25, -0.2) is 8.42 Å². The Balaban J connectivity index is 1.43. The zero-order valence-electron chi connectivity index (χ0n) is 15.3. The normalized spacial score (nSPS) is 26.2. The van der Waals surface area contributed by atoms with Crippen LogP contribution in [0, 0.1) is 5.92 Å². The van der Waals surface area contributed by atoms with Gasteiger partial charge in [0.25, 0.3) is 0 Å². The van der Waals surface area contributed by atoms with Gasteiger partial charge in [-0.3, -0.25) is 4.79 Å². The third-order valence-electron chi connectivity index (χ3n) is 6.00. The Kier molecular flexibility index (Phi) is 4.95. The van der Waals surface area contributed by atoms with E-state index in [4.69, 9.17) is 0 Å². The predicted molar refractivity (Wildman–Crippen MR) is 105 cm³/mol. The number of aliphatic hydroxyl groups is 1. The van der Waals surface area contributed by atoms with Crippen LogP contribution in [0.3, 0.4) is 0 Å². The highest BCUT2D eigenvalue weighted by atomic mass is 32.2. The number of hydrogen-bond acceptors (Lipinski definition) is 4. The maximum absolute atomic E-state index is 12.7. The molecule has 1 amide bonds. The first-order valence-corrected chi connectivity index (χ1v) is 11.4. The number of nitrogens with zero attached hydrogens (tertiary/aromatic N) is 1. The number of amides is 1. The van der Waals surface area contributed by atoms with Gasteiger partial charge >= 0.3 is 0 Å². The maximum Gasteiger partial charge on any atom is 0.225 e. The van der Waals surface area contributed by atoms with Crippen molar-refractivity contribution in [1.82, 2.24) is 4.90 Å². The molecule has 0 unspecified atom stereocenters. The molecule has 0 aromatic heterocycles. The number of benzene rings is 2. The van der Waals surface area contributed by atoms with E-state index in [0.29, 0.717) is 25.9 Å². The van der Waals surface area contributed by atoms with Crippen LogP contribution in [0.25, 0.3) is 10.8 Å². The lowest BCUT2D eigenvalue weighted by atomic mass is 9.85. The van der Waals surface area contributed by atoms with Crippen molar-refractivity contribution in [1.29, 1.82) is 0 Å². The van der Waals surface area contributed by atoms with Gasteiger partial charge < -0.3 is 10.0 Å². The number of likely N-dealkylation sites (tertiary alicyclic amines) is 1. The van der Waals surface area contributed by atoms with Gasteiger partial charge in [-0.2, -0.15) is 0 Å². The molecule has 2 saturated heterocycles. The SMILES string of the molecule is O=C(C1CCS(=O)(=O)CC1)N1CC[C@@H](c2ccc3ccccc3c2)[C@H](O)C1. The van der Waals surface area contributed by atoms with Crippen molar-refractivity contribution in [2.24, 2.45) is 5.92 Å². The van der Waals surface area contributed by atoms with Crippen LogP contribution in [0.4, 0.5) is 0 Å². The average Bonchev–Trinajstić information content (AvgIpc) is 2.67. The van der Waals surface area contributed by atoms with Crippen LogP contribution >= 0.6 is 0 Å². The number of carbonyl (C=O) groups is 1. The Morgan fingerprint density at radius 1 is 1.00 bits per heavy atom. The molecule has 2 aromatic rings. The molecule has 144 valence electrons. The smallest absolute Gasteiger partial charge is 0.225 e. The number of piperidine rings is 1. The molecule has 0 bridgehead atoms. The third-order valence-corrected chi connectivity index (χ3v) is 7.71. The fraction of sp³-hybridized carbons (Fsp3) is 0.476. The lowest BCUT2D eigenvalue weighted by Gasteiger charge is -2.38. The van der Waals surface area contributed by atoms with Crippen molar-refractivity contribution in [3.8, 4) is 0 Å². The van der Waals surface area contributed by atoms with Crippen molar-refractivity contribution in [2.75, 3.05) is 24.6 Å². The summed E-state index contributed by atoms with van der Waals surface area (Å²) in [7, 11) is -2.97. The summed E-state index contributed by atoms with van der Waals surface area (Å²) in [6, 6.07) is 14.4. The fourth-order valence-electron chi connectivity index (χ4n) is 4.35. The van der Waals surface area contributed by atoms with E-state index < -0.39 is 15.9 Å². The van der Waals surface area contributed by atoms with Crippen molar-refractivity contribution in [2.45, 2.75) is 31.3 Å². The van der Waals surface area contributed by atoms with Crippen LogP contribution < -0.4 is 0 Å². The number of sulfone groups is 1. The minimum absolute atomic E-state index is 0.000844. The molecular weight excluding hydrogens is 362 g/mol. The van der Waals surface area contributed by atoms with Gasteiger partial charge in [-0.15, -0.1) is 0 Å². The number of hydrogen-bond donors (Lipinski definition) is 1. The molecule has 0 radical (unpaired) electrons. The van der Waals surface area contributed by atoms with E-state index >= 15 is 0 Å². The second-order valence-corrected chi connectivity index (χ2v) is 10.1. The number of fused-ring (bicyclic) bond motifs is 1. The molecular formula is C21H25NO4S. The topological polar surface area (TPSA) is 74.7 Å².